The molecule has 0 bridgehead atoms. The normalized spacial score (nSPS) is 22.5. The summed E-state index contributed by atoms with van der Waals surface area (Å²) >= 11 is 0. The van der Waals surface area contributed by atoms with Gasteiger partial charge in [-0.05, 0) is 31.9 Å². The number of aliphatic hydroxyl groups is 1. The third-order valence-corrected chi connectivity index (χ3v) is 3.79. The fraction of sp³-hybridized carbons (Fsp3) is 0.533. The van der Waals surface area contributed by atoms with Crippen molar-refractivity contribution < 1.29 is 9.90 Å². The van der Waals surface area contributed by atoms with Gasteiger partial charge in [-0.3, -0.25) is 4.79 Å². The zero-order valence-electron chi connectivity index (χ0n) is 11.4. The maximum atomic E-state index is 12.3. The molecule has 1 aromatic rings. The molecule has 1 saturated heterocycles. The van der Waals surface area contributed by atoms with Crippen molar-refractivity contribution in [2.45, 2.75) is 25.3 Å². The Labute approximate surface area is 114 Å². The molecule has 0 saturated carbocycles. The first-order valence-electron chi connectivity index (χ1n) is 6.85. The van der Waals surface area contributed by atoms with E-state index in [0.717, 1.165) is 31.5 Å². The van der Waals surface area contributed by atoms with Crippen molar-refractivity contribution in [1.82, 2.24) is 10.6 Å². The van der Waals surface area contributed by atoms with Gasteiger partial charge in [0.25, 0.3) is 0 Å². The summed E-state index contributed by atoms with van der Waals surface area (Å²) in [6.45, 7) is 3.46. The van der Waals surface area contributed by atoms with E-state index in [1.54, 1.807) is 0 Å². The minimum Gasteiger partial charge on any atom is -0.394 e. The summed E-state index contributed by atoms with van der Waals surface area (Å²) in [5, 5.41) is 15.9. The lowest BCUT2D eigenvalue weighted by Crippen LogP contribution is -2.51. The van der Waals surface area contributed by atoms with Gasteiger partial charge >= 0.3 is 0 Å². The van der Waals surface area contributed by atoms with Crippen molar-refractivity contribution in [3.8, 4) is 0 Å². The molecule has 0 aliphatic carbocycles. The van der Waals surface area contributed by atoms with Crippen LogP contribution in [0.5, 0.6) is 0 Å². The number of hydrogen-bond acceptors (Lipinski definition) is 3. The Balaban J connectivity index is 2.07. The van der Waals surface area contributed by atoms with Gasteiger partial charge in [0.1, 0.15) is 0 Å². The van der Waals surface area contributed by atoms with E-state index < -0.39 is 5.54 Å². The molecule has 1 fully saturated rings. The van der Waals surface area contributed by atoms with Gasteiger partial charge in [-0.15, -0.1) is 0 Å². The zero-order chi connectivity index (χ0) is 13.7. The Hall–Kier alpha value is -1.39. The minimum atomic E-state index is -0.713. The second kappa shape index (κ2) is 6.17. The van der Waals surface area contributed by atoms with Gasteiger partial charge in [0.05, 0.1) is 18.1 Å². The third-order valence-electron chi connectivity index (χ3n) is 3.79. The average Bonchev–Trinajstić information content (AvgIpc) is 2.49. The second-order valence-electron chi connectivity index (χ2n) is 5.39. The fourth-order valence-corrected chi connectivity index (χ4v) is 2.46. The zero-order valence-corrected chi connectivity index (χ0v) is 11.4. The van der Waals surface area contributed by atoms with Crippen molar-refractivity contribution in [1.29, 1.82) is 0 Å². The van der Waals surface area contributed by atoms with Crippen LogP contribution in [0.2, 0.25) is 0 Å². The standard InChI is InChI=1S/C15H22N2O2/c1-15(11-18,13-7-3-2-4-8-13)17-14(19)12-6-5-9-16-10-12/h2-4,7-8,12,16,18H,5-6,9-11H2,1H3,(H,17,19)/t12-,15?/m1/s1. The number of carbonyl (C=O) groups excluding carboxylic acids is 1. The van der Waals surface area contributed by atoms with E-state index in [1.165, 1.54) is 0 Å². The summed E-state index contributed by atoms with van der Waals surface area (Å²) < 4.78 is 0. The number of nitrogens with one attached hydrogen (secondary N) is 2. The van der Waals surface area contributed by atoms with Gasteiger partial charge in [0, 0.05) is 6.54 Å². The molecular weight excluding hydrogens is 240 g/mol. The SMILES string of the molecule is CC(CO)(NC(=O)[C@@H]1CCCNC1)c1ccccc1. The average molecular weight is 262 g/mol. The molecule has 0 aromatic heterocycles. The molecule has 1 amide bonds. The molecular formula is C15H22N2O2. The van der Waals surface area contributed by atoms with Crippen molar-refractivity contribution in [3.63, 3.8) is 0 Å². The third kappa shape index (κ3) is 3.33. The number of benzene rings is 1. The molecule has 1 unspecified atom stereocenters. The van der Waals surface area contributed by atoms with E-state index in [1.807, 2.05) is 37.3 Å². The van der Waals surface area contributed by atoms with Gasteiger partial charge in [0.2, 0.25) is 5.91 Å². The van der Waals surface area contributed by atoms with Gasteiger partial charge in [0.15, 0.2) is 0 Å². The number of aliphatic hydroxyl groups excluding tert-OH is 1. The van der Waals surface area contributed by atoms with Gasteiger partial charge in [-0.25, -0.2) is 0 Å². The molecule has 3 N–H and O–H groups in total. The second-order valence-corrected chi connectivity index (χ2v) is 5.39. The summed E-state index contributed by atoms with van der Waals surface area (Å²) in [6, 6.07) is 9.61. The van der Waals surface area contributed by atoms with Gasteiger partial charge in [-0.2, -0.15) is 0 Å². The summed E-state index contributed by atoms with van der Waals surface area (Å²) in [5.74, 6) is 0.0240. The van der Waals surface area contributed by atoms with Gasteiger partial charge < -0.3 is 15.7 Å². The summed E-state index contributed by atoms with van der Waals surface area (Å²) in [6.07, 6.45) is 1.94. The maximum Gasteiger partial charge on any atom is 0.225 e. The van der Waals surface area contributed by atoms with E-state index >= 15 is 0 Å². The van der Waals surface area contributed by atoms with Crippen molar-refractivity contribution >= 4 is 5.91 Å². The van der Waals surface area contributed by atoms with Crippen LogP contribution in [0.15, 0.2) is 30.3 Å². The summed E-state index contributed by atoms with van der Waals surface area (Å²) in [4.78, 5) is 12.3. The number of hydrogen-bond donors (Lipinski definition) is 3. The predicted octanol–water partition coefficient (Wildman–Crippen LogP) is 1.01. The number of piperidine rings is 1. The topological polar surface area (TPSA) is 61.4 Å². The Kier molecular flexibility index (Phi) is 4.56. The Morgan fingerprint density at radius 2 is 2.21 bits per heavy atom. The molecule has 2 rings (SSSR count). The number of rotatable bonds is 4. The highest BCUT2D eigenvalue weighted by molar-refractivity contribution is 5.80. The van der Waals surface area contributed by atoms with Gasteiger partial charge in [-0.1, -0.05) is 30.3 Å². The van der Waals surface area contributed by atoms with E-state index in [4.69, 9.17) is 0 Å². The lowest BCUT2D eigenvalue weighted by molar-refractivity contribution is -0.128. The predicted molar refractivity (Wildman–Crippen MR) is 74.6 cm³/mol. The smallest absolute Gasteiger partial charge is 0.225 e. The minimum absolute atomic E-state index is 0.00309. The molecule has 1 aliphatic rings. The molecule has 4 nitrogen and oxygen atoms in total. The van der Waals surface area contributed by atoms with Crippen LogP contribution in [0.3, 0.4) is 0 Å². The highest BCUT2D eigenvalue weighted by atomic mass is 16.3. The van der Waals surface area contributed by atoms with Crippen LogP contribution in [0.1, 0.15) is 25.3 Å². The van der Waals surface area contributed by atoms with Crippen LogP contribution in [-0.4, -0.2) is 30.7 Å². The van der Waals surface area contributed by atoms with E-state index in [-0.39, 0.29) is 18.4 Å². The first-order chi connectivity index (χ1) is 9.15. The molecule has 1 aromatic carbocycles. The molecule has 1 aliphatic heterocycles. The molecule has 1 heterocycles. The number of amides is 1. The molecule has 104 valence electrons. The molecule has 4 heteroatoms. The van der Waals surface area contributed by atoms with Crippen LogP contribution in [-0.2, 0) is 10.3 Å². The van der Waals surface area contributed by atoms with Crippen molar-refractivity contribution in [2.75, 3.05) is 19.7 Å². The van der Waals surface area contributed by atoms with E-state index in [2.05, 4.69) is 10.6 Å². The quantitative estimate of drug-likeness (QED) is 0.759. The molecule has 2 atom stereocenters. The van der Waals surface area contributed by atoms with Crippen LogP contribution in [0.4, 0.5) is 0 Å². The lowest BCUT2D eigenvalue weighted by atomic mass is 9.90. The first-order valence-corrected chi connectivity index (χ1v) is 6.85. The Morgan fingerprint density at radius 3 is 2.79 bits per heavy atom. The van der Waals surface area contributed by atoms with Crippen LogP contribution in [0, 0.1) is 5.92 Å². The number of carbonyl (C=O) groups is 1. The van der Waals surface area contributed by atoms with Crippen molar-refractivity contribution in [2.24, 2.45) is 5.92 Å². The molecule has 0 spiro atoms. The largest absolute Gasteiger partial charge is 0.394 e. The lowest BCUT2D eigenvalue weighted by Gasteiger charge is -2.32. The highest BCUT2D eigenvalue weighted by Crippen LogP contribution is 2.21. The fourth-order valence-electron chi connectivity index (χ4n) is 2.46. The Morgan fingerprint density at radius 1 is 1.47 bits per heavy atom. The van der Waals surface area contributed by atoms with E-state index in [9.17, 15) is 9.90 Å². The Bertz CT molecular complexity index is 415. The summed E-state index contributed by atoms with van der Waals surface area (Å²) in [5.41, 5.74) is 0.213. The monoisotopic (exact) mass is 262 g/mol. The molecule has 19 heavy (non-hydrogen) atoms. The maximum absolute atomic E-state index is 12.3. The highest BCUT2D eigenvalue weighted by Gasteiger charge is 2.31. The first kappa shape index (κ1) is 14.0. The van der Waals surface area contributed by atoms with Crippen LogP contribution < -0.4 is 10.6 Å². The van der Waals surface area contributed by atoms with Crippen LogP contribution >= 0.6 is 0 Å². The summed E-state index contributed by atoms with van der Waals surface area (Å²) in [7, 11) is 0. The molecule has 0 radical (unpaired) electrons. The van der Waals surface area contributed by atoms with Crippen LogP contribution in [0.25, 0.3) is 0 Å². The van der Waals surface area contributed by atoms with Crippen molar-refractivity contribution in [3.05, 3.63) is 35.9 Å². The van der Waals surface area contributed by atoms with E-state index in [0.29, 0.717) is 0 Å².